The number of carbonyl (C=O) groups is 1. The number of hydrogen-bond acceptors (Lipinski definition) is 4. The number of piperidine rings is 1. The topological polar surface area (TPSA) is 64.8 Å². The van der Waals surface area contributed by atoms with E-state index in [0.717, 1.165) is 37.4 Å². The van der Waals surface area contributed by atoms with Gasteiger partial charge in [0.2, 0.25) is 5.91 Å². The minimum absolute atomic E-state index is 0.155. The number of likely N-dealkylation sites (tertiary alicyclic amines) is 1. The summed E-state index contributed by atoms with van der Waals surface area (Å²) in [5.74, 6) is 1.31. The van der Waals surface area contributed by atoms with Gasteiger partial charge in [-0.05, 0) is 38.8 Å². The predicted molar refractivity (Wildman–Crippen MR) is 81.5 cm³/mol. The number of amides is 1. The number of para-hydroxylation sites is 2. The van der Waals surface area contributed by atoms with E-state index in [4.69, 9.17) is 15.2 Å². The number of nitrogens with two attached hydrogens (primary N) is 1. The van der Waals surface area contributed by atoms with E-state index in [0.29, 0.717) is 6.61 Å². The lowest BCUT2D eigenvalue weighted by molar-refractivity contribution is -0.123. The minimum atomic E-state index is -0.268. The van der Waals surface area contributed by atoms with Gasteiger partial charge in [0.05, 0.1) is 12.6 Å². The molecule has 0 radical (unpaired) electrons. The molecule has 2 rings (SSSR count). The van der Waals surface area contributed by atoms with Crippen molar-refractivity contribution in [2.75, 3.05) is 19.7 Å². The fourth-order valence-electron chi connectivity index (χ4n) is 2.56. The third-order valence-corrected chi connectivity index (χ3v) is 3.88. The summed E-state index contributed by atoms with van der Waals surface area (Å²) >= 11 is 0. The van der Waals surface area contributed by atoms with Crippen molar-refractivity contribution in [1.29, 1.82) is 0 Å². The summed E-state index contributed by atoms with van der Waals surface area (Å²) in [6.07, 6.45) is 1.93. The number of nitrogens with zero attached hydrogens (tertiary/aromatic N) is 1. The largest absolute Gasteiger partial charge is 0.490 e. The van der Waals surface area contributed by atoms with E-state index in [2.05, 4.69) is 4.90 Å². The second-order valence-corrected chi connectivity index (χ2v) is 5.31. The first-order chi connectivity index (χ1) is 10.1. The summed E-state index contributed by atoms with van der Waals surface area (Å²) < 4.78 is 11.6. The first-order valence-corrected chi connectivity index (χ1v) is 7.53. The van der Waals surface area contributed by atoms with Gasteiger partial charge >= 0.3 is 0 Å². The number of rotatable bonds is 6. The van der Waals surface area contributed by atoms with Gasteiger partial charge in [0, 0.05) is 13.1 Å². The number of benzene rings is 1. The third kappa shape index (κ3) is 4.11. The van der Waals surface area contributed by atoms with Crippen LogP contribution >= 0.6 is 0 Å². The van der Waals surface area contributed by atoms with Crippen LogP contribution in [0.3, 0.4) is 0 Å². The molecule has 1 aromatic rings. The number of hydrogen-bond donors (Lipinski definition) is 1. The van der Waals surface area contributed by atoms with Crippen molar-refractivity contribution in [3.8, 4) is 11.5 Å². The van der Waals surface area contributed by atoms with Crippen LogP contribution in [0.2, 0.25) is 0 Å². The van der Waals surface area contributed by atoms with Crippen molar-refractivity contribution in [3.05, 3.63) is 24.3 Å². The van der Waals surface area contributed by atoms with Crippen LogP contribution in [0.1, 0.15) is 26.7 Å². The Balaban J connectivity index is 1.90. The second-order valence-electron chi connectivity index (χ2n) is 5.31. The average Bonchev–Trinajstić information content (AvgIpc) is 2.49. The molecule has 0 saturated carbocycles. The Morgan fingerprint density at radius 1 is 1.33 bits per heavy atom. The zero-order chi connectivity index (χ0) is 15.2. The molecule has 5 nitrogen and oxygen atoms in total. The molecule has 21 heavy (non-hydrogen) atoms. The summed E-state index contributed by atoms with van der Waals surface area (Å²) in [6, 6.07) is 7.53. The fraction of sp³-hybridized carbons (Fsp3) is 0.562. The van der Waals surface area contributed by atoms with Gasteiger partial charge in [-0.2, -0.15) is 0 Å². The Labute approximate surface area is 126 Å². The molecule has 116 valence electrons. The summed E-state index contributed by atoms with van der Waals surface area (Å²) in [4.78, 5) is 13.3. The molecule has 1 aliphatic heterocycles. The van der Waals surface area contributed by atoms with Gasteiger partial charge in [-0.25, -0.2) is 0 Å². The van der Waals surface area contributed by atoms with Gasteiger partial charge in [-0.15, -0.1) is 0 Å². The van der Waals surface area contributed by atoms with E-state index in [1.807, 2.05) is 38.1 Å². The van der Waals surface area contributed by atoms with Crippen LogP contribution in [-0.4, -0.2) is 42.6 Å². The van der Waals surface area contributed by atoms with E-state index >= 15 is 0 Å². The fourth-order valence-corrected chi connectivity index (χ4v) is 2.56. The maximum absolute atomic E-state index is 11.2. The molecule has 5 heteroatoms. The lowest BCUT2D eigenvalue weighted by Gasteiger charge is -2.34. The van der Waals surface area contributed by atoms with Crippen LogP contribution < -0.4 is 15.2 Å². The van der Waals surface area contributed by atoms with Crippen molar-refractivity contribution >= 4 is 5.91 Å². The molecule has 1 heterocycles. The summed E-state index contributed by atoms with van der Waals surface area (Å²) in [7, 11) is 0. The molecule has 0 spiro atoms. The molecule has 0 bridgehead atoms. The van der Waals surface area contributed by atoms with Crippen LogP contribution in [0.5, 0.6) is 11.5 Å². The van der Waals surface area contributed by atoms with Gasteiger partial charge in [0.25, 0.3) is 0 Å². The Hall–Kier alpha value is -1.75. The molecule has 1 aliphatic rings. The van der Waals surface area contributed by atoms with Gasteiger partial charge < -0.3 is 15.2 Å². The van der Waals surface area contributed by atoms with Crippen molar-refractivity contribution < 1.29 is 14.3 Å². The molecule has 1 fully saturated rings. The molecular formula is C16H24N2O3. The normalized spacial score (nSPS) is 18.2. The van der Waals surface area contributed by atoms with E-state index in [1.165, 1.54) is 0 Å². The van der Waals surface area contributed by atoms with E-state index in [1.54, 1.807) is 0 Å². The van der Waals surface area contributed by atoms with Crippen molar-refractivity contribution in [1.82, 2.24) is 4.90 Å². The second kappa shape index (κ2) is 7.31. The molecule has 1 atom stereocenters. The van der Waals surface area contributed by atoms with E-state index in [-0.39, 0.29) is 18.1 Å². The first kappa shape index (κ1) is 15.6. The standard InChI is InChI=1S/C16H24N2O3/c1-3-20-14-6-4-5-7-15(14)21-13-8-10-18(11-9-13)12(2)16(17)19/h4-7,12-13H,3,8-11H2,1-2H3,(H2,17,19). The van der Waals surface area contributed by atoms with Crippen LogP contribution in [0.15, 0.2) is 24.3 Å². The highest BCUT2D eigenvalue weighted by Gasteiger charge is 2.26. The van der Waals surface area contributed by atoms with Gasteiger partial charge in [-0.3, -0.25) is 9.69 Å². The SMILES string of the molecule is CCOc1ccccc1OC1CCN(C(C)C(N)=O)CC1. The molecule has 1 aromatic carbocycles. The van der Waals surface area contributed by atoms with E-state index in [9.17, 15) is 4.79 Å². The van der Waals surface area contributed by atoms with Crippen LogP contribution in [0.4, 0.5) is 0 Å². The van der Waals surface area contributed by atoms with Crippen molar-refractivity contribution in [3.63, 3.8) is 0 Å². The molecule has 1 amide bonds. The van der Waals surface area contributed by atoms with E-state index < -0.39 is 0 Å². The first-order valence-electron chi connectivity index (χ1n) is 7.53. The number of ether oxygens (including phenoxy) is 2. The zero-order valence-electron chi connectivity index (χ0n) is 12.7. The highest BCUT2D eigenvalue weighted by Crippen LogP contribution is 2.29. The monoisotopic (exact) mass is 292 g/mol. The van der Waals surface area contributed by atoms with Crippen LogP contribution in [0, 0.1) is 0 Å². The lowest BCUT2D eigenvalue weighted by atomic mass is 10.1. The Bertz CT molecular complexity index is 470. The van der Waals surface area contributed by atoms with Crippen LogP contribution in [0.25, 0.3) is 0 Å². The van der Waals surface area contributed by atoms with Gasteiger partial charge in [0.1, 0.15) is 6.10 Å². The molecule has 0 aliphatic carbocycles. The Kier molecular flexibility index (Phi) is 5.44. The number of carbonyl (C=O) groups excluding carboxylic acids is 1. The molecule has 0 aromatic heterocycles. The zero-order valence-corrected chi connectivity index (χ0v) is 12.7. The molecule has 1 unspecified atom stereocenters. The Morgan fingerprint density at radius 3 is 2.52 bits per heavy atom. The smallest absolute Gasteiger partial charge is 0.234 e. The maximum atomic E-state index is 11.2. The summed E-state index contributed by atoms with van der Waals surface area (Å²) in [5.41, 5.74) is 5.35. The molecular weight excluding hydrogens is 268 g/mol. The maximum Gasteiger partial charge on any atom is 0.234 e. The average molecular weight is 292 g/mol. The van der Waals surface area contributed by atoms with Crippen LogP contribution in [-0.2, 0) is 4.79 Å². The Morgan fingerprint density at radius 2 is 1.95 bits per heavy atom. The minimum Gasteiger partial charge on any atom is -0.490 e. The van der Waals surface area contributed by atoms with Crippen molar-refractivity contribution in [2.45, 2.75) is 38.8 Å². The number of primary amides is 1. The van der Waals surface area contributed by atoms with Gasteiger partial charge in [-0.1, -0.05) is 12.1 Å². The van der Waals surface area contributed by atoms with Gasteiger partial charge in [0.15, 0.2) is 11.5 Å². The lowest BCUT2D eigenvalue weighted by Crippen LogP contribution is -2.48. The quantitative estimate of drug-likeness (QED) is 0.868. The van der Waals surface area contributed by atoms with Crippen molar-refractivity contribution in [2.24, 2.45) is 5.73 Å². The summed E-state index contributed by atoms with van der Waals surface area (Å²) in [5, 5.41) is 0. The molecule has 2 N–H and O–H groups in total. The molecule has 1 saturated heterocycles. The predicted octanol–water partition coefficient (Wildman–Crippen LogP) is 1.80. The highest BCUT2D eigenvalue weighted by molar-refractivity contribution is 5.79. The third-order valence-electron chi connectivity index (χ3n) is 3.88. The summed E-state index contributed by atoms with van der Waals surface area (Å²) in [6.45, 7) is 6.08. The highest BCUT2D eigenvalue weighted by atomic mass is 16.5.